The van der Waals surface area contributed by atoms with Gasteiger partial charge in [-0.05, 0) is 31.0 Å². The van der Waals surface area contributed by atoms with E-state index in [0.29, 0.717) is 10.8 Å². The quantitative estimate of drug-likeness (QED) is 0.878. The molecule has 1 aliphatic carbocycles. The largest absolute Gasteiger partial charge is 0.484 e. The Kier molecular flexibility index (Phi) is 5.26. The van der Waals surface area contributed by atoms with Gasteiger partial charge in [0.05, 0.1) is 12.1 Å². The molecule has 0 radical (unpaired) electrons. The Bertz CT molecular complexity index is 458. The van der Waals surface area contributed by atoms with Crippen LogP contribution in [0.15, 0.2) is 24.3 Å². The summed E-state index contributed by atoms with van der Waals surface area (Å²) in [5.74, 6) is 0.357. The minimum Gasteiger partial charge on any atom is -0.484 e. The van der Waals surface area contributed by atoms with E-state index in [4.69, 9.17) is 16.3 Å². The van der Waals surface area contributed by atoms with Gasteiger partial charge in [0.2, 0.25) is 0 Å². The Morgan fingerprint density at radius 2 is 2.10 bits per heavy atom. The number of amides is 1. The van der Waals surface area contributed by atoms with Gasteiger partial charge < -0.3 is 15.2 Å². The van der Waals surface area contributed by atoms with E-state index in [-0.39, 0.29) is 19.1 Å². The highest BCUT2D eigenvalue weighted by Crippen LogP contribution is 2.27. The summed E-state index contributed by atoms with van der Waals surface area (Å²) in [6, 6.07) is 6.93. The molecule has 0 spiro atoms. The topological polar surface area (TPSA) is 58.6 Å². The molecule has 0 unspecified atom stereocenters. The molecule has 2 rings (SSSR count). The van der Waals surface area contributed by atoms with E-state index in [2.05, 4.69) is 5.32 Å². The Balaban J connectivity index is 1.85. The molecule has 4 nitrogen and oxygen atoms in total. The number of aliphatic hydroxyl groups is 1. The summed E-state index contributed by atoms with van der Waals surface area (Å²) in [7, 11) is 0. The fraction of sp³-hybridized carbons (Fsp3) is 0.533. The van der Waals surface area contributed by atoms with Crippen molar-refractivity contribution in [2.45, 2.75) is 37.6 Å². The van der Waals surface area contributed by atoms with Gasteiger partial charge in [0.15, 0.2) is 6.61 Å². The number of benzene rings is 1. The van der Waals surface area contributed by atoms with Gasteiger partial charge in [-0.15, -0.1) is 0 Å². The standard InChI is InChI=1S/C15H20ClNO3/c16-12-5-4-6-13(9-12)20-10-14(19)17-15(11-18)7-2-1-3-8-15/h4-6,9,18H,1-3,7-8,10-11H2,(H,17,19). The molecule has 0 heterocycles. The minimum atomic E-state index is -0.465. The molecule has 1 saturated carbocycles. The first-order chi connectivity index (χ1) is 9.63. The van der Waals surface area contributed by atoms with Crippen LogP contribution in [0.2, 0.25) is 5.02 Å². The number of carbonyl (C=O) groups is 1. The number of hydrogen-bond acceptors (Lipinski definition) is 3. The number of aliphatic hydroxyl groups excluding tert-OH is 1. The number of nitrogens with one attached hydrogen (secondary N) is 1. The van der Waals surface area contributed by atoms with Crippen LogP contribution >= 0.6 is 11.6 Å². The van der Waals surface area contributed by atoms with Gasteiger partial charge in [-0.2, -0.15) is 0 Å². The van der Waals surface area contributed by atoms with Gasteiger partial charge >= 0.3 is 0 Å². The number of hydrogen-bond donors (Lipinski definition) is 2. The maximum atomic E-state index is 12.0. The summed E-state index contributed by atoms with van der Waals surface area (Å²) >= 11 is 5.85. The van der Waals surface area contributed by atoms with Crippen LogP contribution in [-0.4, -0.2) is 29.8 Å². The van der Waals surface area contributed by atoms with Crippen molar-refractivity contribution < 1.29 is 14.6 Å². The molecule has 1 fully saturated rings. The first-order valence-electron chi connectivity index (χ1n) is 6.94. The van der Waals surface area contributed by atoms with Crippen LogP contribution in [0.5, 0.6) is 5.75 Å². The highest BCUT2D eigenvalue weighted by Gasteiger charge is 2.32. The normalized spacial score (nSPS) is 17.5. The molecule has 1 aromatic rings. The molecule has 0 aliphatic heterocycles. The lowest BCUT2D eigenvalue weighted by Gasteiger charge is -2.36. The summed E-state index contributed by atoms with van der Waals surface area (Å²) < 4.78 is 5.40. The zero-order chi connectivity index (χ0) is 14.4. The maximum Gasteiger partial charge on any atom is 0.258 e. The zero-order valence-electron chi connectivity index (χ0n) is 11.4. The predicted octanol–water partition coefficient (Wildman–Crippen LogP) is 2.53. The fourth-order valence-corrected chi connectivity index (χ4v) is 2.77. The van der Waals surface area contributed by atoms with Crippen molar-refractivity contribution in [2.24, 2.45) is 0 Å². The molecular weight excluding hydrogens is 278 g/mol. The molecule has 1 aromatic carbocycles. The molecule has 5 heteroatoms. The first kappa shape index (κ1) is 15.1. The van der Waals surface area contributed by atoms with E-state index in [1.54, 1.807) is 24.3 Å². The zero-order valence-corrected chi connectivity index (χ0v) is 12.2. The average molecular weight is 298 g/mol. The van der Waals surface area contributed by atoms with Crippen LogP contribution in [0.1, 0.15) is 32.1 Å². The fourth-order valence-electron chi connectivity index (χ4n) is 2.59. The summed E-state index contributed by atoms with van der Waals surface area (Å²) in [5.41, 5.74) is -0.465. The van der Waals surface area contributed by atoms with E-state index in [9.17, 15) is 9.90 Å². The summed E-state index contributed by atoms with van der Waals surface area (Å²) in [6.07, 6.45) is 4.89. The highest BCUT2D eigenvalue weighted by molar-refractivity contribution is 6.30. The summed E-state index contributed by atoms with van der Waals surface area (Å²) in [4.78, 5) is 12.0. The molecule has 1 amide bonds. The molecule has 0 atom stereocenters. The van der Waals surface area contributed by atoms with Crippen molar-refractivity contribution in [1.29, 1.82) is 0 Å². The van der Waals surface area contributed by atoms with E-state index in [1.165, 1.54) is 0 Å². The smallest absolute Gasteiger partial charge is 0.258 e. The number of halogens is 1. The monoisotopic (exact) mass is 297 g/mol. The Morgan fingerprint density at radius 3 is 2.75 bits per heavy atom. The molecule has 0 aromatic heterocycles. The maximum absolute atomic E-state index is 12.0. The number of carbonyl (C=O) groups excluding carboxylic acids is 1. The van der Waals surface area contributed by atoms with Crippen molar-refractivity contribution >= 4 is 17.5 Å². The van der Waals surface area contributed by atoms with Crippen LogP contribution in [-0.2, 0) is 4.79 Å². The van der Waals surface area contributed by atoms with Gasteiger partial charge in [-0.1, -0.05) is 36.9 Å². The van der Waals surface area contributed by atoms with Crippen LogP contribution < -0.4 is 10.1 Å². The molecule has 110 valence electrons. The number of rotatable bonds is 5. The van der Waals surface area contributed by atoms with Crippen molar-refractivity contribution in [3.8, 4) is 5.75 Å². The van der Waals surface area contributed by atoms with Gasteiger partial charge in [0.1, 0.15) is 5.75 Å². The Morgan fingerprint density at radius 1 is 1.35 bits per heavy atom. The van der Waals surface area contributed by atoms with Crippen molar-refractivity contribution in [1.82, 2.24) is 5.32 Å². The average Bonchev–Trinajstić information content (AvgIpc) is 2.46. The highest BCUT2D eigenvalue weighted by atomic mass is 35.5. The first-order valence-corrected chi connectivity index (χ1v) is 7.32. The summed E-state index contributed by atoms with van der Waals surface area (Å²) in [5, 5.41) is 13.0. The molecule has 1 aliphatic rings. The third-order valence-corrected chi connectivity index (χ3v) is 3.92. The van der Waals surface area contributed by atoms with Crippen molar-refractivity contribution in [2.75, 3.05) is 13.2 Å². The van der Waals surface area contributed by atoms with Gasteiger partial charge in [0, 0.05) is 5.02 Å². The van der Waals surface area contributed by atoms with Gasteiger partial charge in [-0.25, -0.2) is 0 Å². The van der Waals surface area contributed by atoms with Crippen molar-refractivity contribution in [3.05, 3.63) is 29.3 Å². The molecule has 0 bridgehead atoms. The van der Waals surface area contributed by atoms with E-state index in [1.807, 2.05) is 0 Å². The number of ether oxygens (including phenoxy) is 1. The Hall–Kier alpha value is -1.26. The van der Waals surface area contributed by atoms with Gasteiger partial charge in [0.25, 0.3) is 5.91 Å². The lowest BCUT2D eigenvalue weighted by atomic mass is 9.82. The van der Waals surface area contributed by atoms with Crippen LogP contribution in [0.25, 0.3) is 0 Å². The van der Waals surface area contributed by atoms with Crippen molar-refractivity contribution in [3.63, 3.8) is 0 Å². The predicted molar refractivity (Wildman–Crippen MR) is 78.0 cm³/mol. The van der Waals surface area contributed by atoms with Crippen LogP contribution in [0, 0.1) is 0 Å². The minimum absolute atomic E-state index is 0.0180. The third-order valence-electron chi connectivity index (χ3n) is 3.68. The molecular formula is C15H20ClNO3. The lowest BCUT2D eigenvalue weighted by Crippen LogP contribution is -2.53. The second kappa shape index (κ2) is 6.95. The lowest BCUT2D eigenvalue weighted by molar-refractivity contribution is -0.126. The second-order valence-electron chi connectivity index (χ2n) is 5.29. The van der Waals surface area contributed by atoms with Gasteiger partial charge in [-0.3, -0.25) is 4.79 Å². The second-order valence-corrected chi connectivity index (χ2v) is 5.73. The van der Waals surface area contributed by atoms with Crippen LogP contribution in [0.4, 0.5) is 0 Å². The molecule has 0 saturated heterocycles. The van der Waals surface area contributed by atoms with E-state index >= 15 is 0 Å². The van der Waals surface area contributed by atoms with E-state index in [0.717, 1.165) is 32.1 Å². The molecule has 20 heavy (non-hydrogen) atoms. The Labute approximate surface area is 124 Å². The van der Waals surface area contributed by atoms with E-state index < -0.39 is 5.54 Å². The van der Waals surface area contributed by atoms with Crippen LogP contribution in [0.3, 0.4) is 0 Å². The third kappa shape index (κ3) is 4.12. The SMILES string of the molecule is O=C(COc1cccc(Cl)c1)NC1(CO)CCCCC1. The molecule has 2 N–H and O–H groups in total. The summed E-state index contributed by atoms with van der Waals surface area (Å²) in [6.45, 7) is -0.0853.